The van der Waals surface area contributed by atoms with Crippen molar-refractivity contribution in [3.63, 3.8) is 0 Å². The molecule has 0 aliphatic rings. The Kier molecular flexibility index (Phi) is 4.58. The van der Waals surface area contributed by atoms with Crippen LogP contribution in [0.25, 0.3) is 0 Å². The molecule has 0 saturated carbocycles. The molecule has 1 N–H and O–H groups in total. The van der Waals surface area contributed by atoms with Gasteiger partial charge in [0.2, 0.25) is 0 Å². The van der Waals surface area contributed by atoms with Gasteiger partial charge in [0, 0.05) is 12.2 Å². The number of aliphatic hydroxyl groups is 1. The quantitative estimate of drug-likeness (QED) is 0.816. The highest BCUT2D eigenvalue weighted by Gasteiger charge is 2.39. The third-order valence-corrected chi connectivity index (χ3v) is 8.04. The van der Waals surface area contributed by atoms with Crippen molar-refractivity contribution < 1.29 is 13.9 Å². The fourth-order valence-corrected chi connectivity index (χ4v) is 2.72. The molecule has 1 aromatic heterocycles. The molecule has 1 rings (SSSR count). The summed E-state index contributed by atoms with van der Waals surface area (Å²) in [5.41, 5.74) is 1.02. The van der Waals surface area contributed by atoms with Crippen LogP contribution in [0.2, 0.25) is 18.1 Å². The average molecular weight is 256 g/mol. The van der Waals surface area contributed by atoms with E-state index in [0.29, 0.717) is 6.42 Å². The maximum absolute atomic E-state index is 9.14. The van der Waals surface area contributed by atoms with Crippen molar-refractivity contribution in [3.8, 4) is 0 Å². The first-order chi connectivity index (χ1) is 7.78. The summed E-state index contributed by atoms with van der Waals surface area (Å²) < 4.78 is 11.4. The maximum Gasteiger partial charge on any atom is 0.192 e. The highest BCUT2D eigenvalue weighted by molar-refractivity contribution is 6.74. The van der Waals surface area contributed by atoms with E-state index >= 15 is 0 Å². The zero-order valence-electron chi connectivity index (χ0n) is 11.5. The lowest BCUT2D eigenvalue weighted by Crippen LogP contribution is -2.41. The molecule has 4 heteroatoms. The smallest absolute Gasteiger partial charge is 0.192 e. The normalized spacial score (nSPS) is 14.9. The predicted molar refractivity (Wildman–Crippen MR) is 71.4 cm³/mol. The Morgan fingerprint density at radius 3 is 2.47 bits per heavy atom. The van der Waals surface area contributed by atoms with Gasteiger partial charge in [-0.2, -0.15) is 0 Å². The van der Waals surface area contributed by atoms with Gasteiger partial charge in [0.25, 0.3) is 0 Å². The third kappa shape index (κ3) is 3.69. The molecule has 0 fully saturated rings. The Morgan fingerprint density at radius 1 is 1.41 bits per heavy atom. The molecule has 0 aliphatic heterocycles. The van der Waals surface area contributed by atoms with Crippen molar-refractivity contribution >= 4 is 8.32 Å². The Bertz CT molecular complexity index is 325. The van der Waals surface area contributed by atoms with Crippen LogP contribution in [0, 0.1) is 0 Å². The van der Waals surface area contributed by atoms with Gasteiger partial charge in [-0.3, -0.25) is 0 Å². The van der Waals surface area contributed by atoms with Crippen LogP contribution in [-0.2, 0) is 4.43 Å². The highest BCUT2D eigenvalue weighted by Crippen LogP contribution is 2.40. The Hall–Kier alpha value is -0.583. The third-order valence-electron chi connectivity index (χ3n) is 3.55. The molecular weight excluding hydrogens is 232 g/mol. The maximum atomic E-state index is 9.14. The van der Waals surface area contributed by atoms with Crippen LogP contribution in [-0.4, -0.2) is 20.0 Å². The summed E-state index contributed by atoms with van der Waals surface area (Å²) in [6.45, 7) is 11.2. The molecule has 0 bridgehead atoms. The summed E-state index contributed by atoms with van der Waals surface area (Å²) >= 11 is 0. The first kappa shape index (κ1) is 14.5. The van der Waals surface area contributed by atoms with Crippen molar-refractivity contribution in [1.82, 2.24) is 0 Å². The Labute approximate surface area is 105 Å². The van der Waals surface area contributed by atoms with E-state index in [0.717, 1.165) is 5.56 Å². The monoisotopic (exact) mass is 256 g/mol. The van der Waals surface area contributed by atoms with Gasteiger partial charge in [-0.1, -0.05) is 20.8 Å². The fraction of sp³-hybridized carbons (Fsp3) is 0.692. The topological polar surface area (TPSA) is 42.6 Å². The van der Waals surface area contributed by atoms with E-state index in [9.17, 15) is 0 Å². The molecule has 1 atom stereocenters. The summed E-state index contributed by atoms with van der Waals surface area (Å²) in [4.78, 5) is 0. The molecule has 3 nitrogen and oxygen atoms in total. The molecule has 0 aliphatic carbocycles. The van der Waals surface area contributed by atoms with Crippen molar-refractivity contribution in [1.29, 1.82) is 0 Å². The zero-order valence-corrected chi connectivity index (χ0v) is 12.5. The second-order valence-corrected chi connectivity index (χ2v) is 10.7. The summed E-state index contributed by atoms with van der Waals surface area (Å²) in [5, 5.41) is 9.31. The molecule has 0 radical (unpaired) electrons. The average Bonchev–Trinajstić information content (AvgIpc) is 2.67. The van der Waals surface area contributed by atoms with Gasteiger partial charge in [-0.05, 0) is 30.6 Å². The van der Waals surface area contributed by atoms with Crippen LogP contribution >= 0.6 is 0 Å². The van der Waals surface area contributed by atoms with Gasteiger partial charge in [0.15, 0.2) is 8.32 Å². The van der Waals surface area contributed by atoms with E-state index in [1.54, 1.807) is 12.5 Å². The van der Waals surface area contributed by atoms with Crippen molar-refractivity contribution in [2.75, 3.05) is 6.61 Å². The second kappa shape index (κ2) is 5.37. The molecule has 1 aromatic rings. The van der Waals surface area contributed by atoms with Gasteiger partial charge < -0.3 is 13.9 Å². The van der Waals surface area contributed by atoms with E-state index < -0.39 is 8.32 Å². The summed E-state index contributed by atoms with van der Waals surface area (Å²) in [6, 6.07) is 1.91. The van der Waals surface area contributed by atoms with Gasteiger partial charge in [0.05, 0.1) is 18.6 Å². The SMILES string of the molecule is CC(C)(C)[Si](C)(C)OC(CCO)c1ccoc1. The lowest BCUT2D eigenvalue weighted by atomic mass is 10.1. The number of hydrogen-bond donors (Lipinski definition) is 1. The highest BCUT2D eigenvalue weighted by atomic mass is 28.4. The number of hydrogen-bond acceptors (Lipinski definition) is 3. The lowest BCUT2D eigenvalue weighted by Gasteiger charge is -2.39. The first-order valence-electron chi connectivity index (χ1n) is 6.09. The Balaban J connectivity index is 2.81. The van der Waals surface area contributed by atoms with Crippen molar-refractivity contribution in [2.45, 2.75) is 51.4 Å². The van der Waals surface area contributed by atoms with E-state index in [-0.39, 0.29) is 17.7 Å². The largest absolute Gasteiger partial charge is 0.472 e. The molecule has 0 amide bonds. The van der Waals surface area contributed by atoms with Crippen LogP contribution in [0.5, 0.6) is 0 Å². The molecule has 0 saturated heterocycles. The molecule has 1 heterocycles. The predicted octanol–water partition coefficient (Wildman–Crippen LogP) is 3.72. The van der Waals surface area contributed by atoms with Crippen LogP contribution in [0.1, 0.15) is 38.9 Å². The van der Waals surface area contributed by atoms with Crippen molar-refractivity contribution in [2.24, 2.45) is 0 Å². The van der Waals surface area contributed by atoms with Crippen LogP contribution in [0.3, 0.4) is 0 Å². The number of aliphatic hydroxyl groups excluding tert-OH is 1. The van der Waals surface area contributed by atoms with Crippen molar-refractivity contribution in [3.05, 3.63) is 24.2 Å². The minimum absolute atomic E-state index is 0.0559. The minimum Gasteiger partial charge on any atom is -0.472 e. The summed E-state index contributed by atoms with van der Waals surface area (Å²) in [5.74, 6) is 0. The van der Waals surface area contributed by atoms with Gasteiger partial charge in [-0.25, -0.2) is 0 Å². The Morgan fingerprint density at radius 2 is 2.06 bits per heavy atom. The van der Waals surface area contributed by atoms with E-state index in [1.807, 2.05) is 6.07 Å². The molecular formula is C13H24O3Si. The summed E-state index contributed by atoms with van der Waals surface area (Å²) in [7, 11) is -1.81. The van der Waals surface area contributed by atoms with Crippen LogP contribution in [0.4, 0.5) is 0 Å². The summed E-state index contributed by atoms with van der Waals surface area (Å²) in [6.07, 6.45) is 3.91. The minimum atomic E-state index is -1.81. The van der Waals surface area contributed by atoms with Gasteiger partial charge in [-0.15, -0.1) is 0 Å². The standard InChI is InChI=1S/C13H24O3Si/c1-13(2,3)17(4,5)16-12(6-8-14)11-7-9-15-10-11/h7,9-10,12,14H,6,8H2,1-5H3. The molecule has 98 valence electrons. The molecule has 1 unspecified atom stereocenters. The molecule has 17 heavy (non-hydrogen) atoms. The number of furan rings is 1. The van der Waals surface area contributed by atoms with E-state index in [1.165, 1.54) is 0 Å². The first-order valence-corrected chi connectivity index (χ1v) is 8.99. The van der Waals surface area contributed by atoms with Gasteiger partial charge >= 0.3 is 0 Å². The molecule has 0 aromatic carbocycles. The van der Waals surface area contributed by atoms with E-state index in [2.05, 4.69) is 33.9 Å². The zero-order chi connectivity index (χ0) is 13.1. The number of rotatable bonds is 5. The van der Waals surface area contributed by atoms with E-state index in [4.69, 9.17) is 13.9 Å². The van der Waals surface area contributed by atoms with Crippen LogP contribution in [0.15, 0.2) is 23.0 Å². The second-order valence-electron chi connectivity index (χ2n) is 5.94. The fourth-order valence-electron chi connectivity index (χ4n) is 1.40. The lowest BCUT2D eigenvalue weighted by molar-refractivity contribution is 0.140. The van der Waals surface area contributed by atoms with Gasteiger partial charge in [0.1, 0.15) is 0 Å². The van der Waals surface area contributed by atoms with Crippen LogP contribution < -0.4 is 0 Å². The molecule has 0 spiro atoms.